The van der Waals surface area contributed by atoms with E-state index >= 15 is 0 Å². The highest BCUT2D eigenvalue weighted by Gasteiger charge is 2.03. The minimum Gasteiger partial charge on any atom is -0.392 e. The van der Waals surface area contributed by atoms with Crippen molar-refractivity contribution in [1.29, 1.82) is 0 Å². The van der Waals surface area contributed by atoms with Gasteiger partial charge in [0.05, 0.1) is 18.5 Å². The summed E-state index contributed by atoms with van der Waals surface area (Å²) in [6.45, 7) is 2.13. The van der Waals surface area contributed by atoms with E-state index < -0.39 is 6.10 Å². The number of rotatable bonds is 3. The van der Waals surface area contributed by atoms with Crippen molar-refractivity contribution >= 4 is 11.5 Å². The molecule has 0 fully saturated rings. The summed E-state index contributed by atoms with van der Waals surface area (Å²) in [5.41, 5.74) is 0.570. The van der Waals surface area contributed by atoms with E-state index in [9.17, 15) is 0 Å². The van der Waals surface area contributed by atoms with Crippen LogP contribution in [-0.2, 0) is 0 Å². The second-order valence-electron chi connectivity index (χ2n) is 2.97. The van der Waals surface area contributed by atoms with Gasteiger partial charge in [-0.25, -0.2) is 0 Å². The van der Waals surface area contributed by atoms with E-state index in [4.69, 9.17) is 5.11 Å². The molecule has 2 aromatic heterocycles. The third kappa shape index (κ3) is 1.62. The summed E-state index contributed by atoms with van der Waals surface area (Å²) in [6, 6.07) is 0. The van der Waals surface area contributed by atoms with Gasteiger partial charge in [-0.2, -0.15) is 4.52 Å². The van der Waals surface area contributed by atoms with Gasteiger partial charge >= 0.3 is 0 Å². The number of fused-ring (bicyclic) bond motifs is 1. The van der Waals surface area contributed by atoms with Crippen molar-refractivity contribution in [1.82, 2.24) is 25.0 Å². The number of anilines is 1. The zero-order valence-corrected chi connectivity index (χ0v) is 7.62. The average molecular weight is 194 g/mol. The molecule has 0 aromatic carbocycles. The first-order valence-electron chi connectivity index (χ1n) is 4.21. The number of nitrogens with zero attached hydrogens (tertiary/aromatic N) is 5. The Hall–Kier alpha value is -1.76. The van der Waals surface area contributed by atoms with E-state index in [1.807, 2.05) is 0 Å². The molecule has 0 aliphatic heterocycles. The Morgan fingerprint density at radius 3 is 3.21 bits per heavy atom. The second-order valence-corrected chi connectivity index (χ2v) is 2.97. The molecule has 1 atom stereocenters. The molecular formula is C7H10N6O. The number of hydrogen-bond acceptors (Lipinski definition) is 6. The van der Waals surface area contributed by atoms with Gasteiger partial charge < -0.3 is 10.4 Å². The summed E-state index contributed by atoms with van der Waals surface area (Å²) in [4.78, 5) is 3.96. The largest absolute Gasteiger partial charge is 0.392 e. The molecule has 0 radical (unpaired) electrons. The SMILES string of the molecule is CC(O)CNc1cncc2nnnn12. The predicted octanol–water partition coefficient (Wildman–Crippen LogP) is -0.688. The highest BCUT2D eigenvalue weighted by Crippen LogP contribution is 2.05. The maximum atomic E-state index is 9.09. The lowest BCUT2D eigenvalue weighted by Gasteiger charge is -2.07. The predicted molar refractivity (Wildman–Crippen MR) is 48.7 cm³/mol. The molecule has 2 heterocycles. The van der Waals surface area contributed by atoms with Gasteiger partial charge in [-0.15, -0.1) is 5.10 Å². The van der Waals surface area contributed by atoms with Gasteiger partial charge in [-0.1, -0.05) is 0 Å². The van der Waals surface area contributed by atoms with E-state index in [0.29, 0.717) is 18.0 Å². The van der Waals surface area contributed by atoms with Crippen molar-refractivity contribution in [3.05, 3.63) is 12.4 Å². The van der Waals surface area contributed by atoms with Crippen LogP contribution in [0.4, 0.5) is 5.82 Å². The Balaban J connectivity index is 2.27. The van der Waals surface area contributed by atoms with Crippen molar-refractivity contribution in [2.24, 2.45) is 0 Å². The van der Waals surface area contributed by atoms with Gasteiger partial charge in [-0.3, -0.25) is 4.98 Å². The van der Waals surface area contributed by atoms with Crippen molar-refractivity contribution in [3.63, 3.8) is 0 Å². The smallest absolute Gasteiger partial charge is 0.199 e. The lowest BCUT2D eigenvalue weighted by atomic mass is 10.4. The van der Waals surface area contributed by atoms with Gasteiger partial charge in [0, 0.05) is 6.54 Å². The molecule has 0 saturated heterocycles. The lowest BCUT2D eigenvalue weighted by molar-refractivity contribution is 0.208. The Morgan fingerprint density at radius 2 is 2.43 bits per heavy atom. The quantitative estimate of drug-likeness (QED) is 0.672. The van der Waals surface area contributed by atoms with Crippen LogP contribution in [0.1, 0.15) is 6.92 Å². The molecule has 0 aliphatic carbocycles. The average Bonchev–Trinajstić information content (AvgIpc) is 2.62. The van der Waals surface area contributed by atoms with E-state index in [1.54, 1.807) is 19.3 Å². The number of nitrogens with one attached hydrogen (secondary N) is 1. The zero-order valence-electron chi connectivity index (χ0n) is 7.62. The van der Waals surface area contributed by atoms with E-state index in [0.717, 1.165) is 0 Å². The lowest BCUT2D eigenvalue weighted by Crippen LogP contribution is -2.17. The first-order chi connectivity index (χ1) is 6.77. The van der Waals surface area contributed by atoms with E-state index in [2.05, 4.69) is 25.8 Å². The highest BCUT2D eigenvalue weighted by atomic mass is 16.3. The van der Waals surface area contributed by atoms with Crippen LogP contribution in [0, 0.1) is 0 Å². The summed E-state index contributed by atoms with van der Waals surface area (Å²) in [5.74, 6) is 0.661. The van der Waals surface area contributed by atoms with Crippen molar-refractivity contribution in [3.8, 4) is 0 Å². The van der Waals surface area contributed by atoms with Gasteiger partial charge in [0.25, 0.3) is 0 Å². The van der Waals surface area contributed by atoms with Crippen LogP contribution in [0.25, 0.3) is 5.65 Å². The van der Waals surface area contributed by atoms with Crippen molar-refractivity contribution in [2.75, 3.05) is 11.9 Å². The molecule has 7 heteroatoms. The fourth-order valence-electron chi connectivity index (χ4n) is 1.05. The number of aliphatic hydroxyl groups excluding tert-OH is 1. The maximum absolute atomic E-state index is 9.09. The van der Waals surface area contributed by atoms with Crippen LogP contribution >= 0.6 is 0 Å². The standard InChI is InChI=1S/C7H10N6O/c1-5(14)2-9-6-3-8-4-7-10-11-12-13(6)7/h3-5,9,14H,2H2,1H3. The zero-order chi connectivity index (χ0) is 9.97. The first kappa shape index (κ1) is 8.82. The van der Waals surface area contributed by atoms with Gasteiger partial charge in [0.2, 0.25) is 0 Å². The molecule has 7 nitrogen and oxygen atoms in total. The molecule has 2 aromatic rings. The highest BCUT2D eigenvalue weighted by molar-refractivity contribution is 5.43. The molecule has 0 saturated carbocycles. The molecule has 0 spiro atoms. The molecule has 1 unspecified atom stereocenters. The number of aliphatic hydroxyl groups is 1. The monoisotopic (exact) mass is 194 g/mol. The van der Waals surface area contributed by atoms with Crippen LogP contribution in [0.3, 0.4) is 0 Å². The number of aromatic nitrogens is 5. The Morgan fingerprint density at radius 1 is 1.57 bits per heavy atom. The van der Waals surface area contributed by atoms with E-state index in [-0.39, 0.29) is 0 Å². The fourth-order valence-corrected chi connectivity index (χ4v) is 1.05. The Kier molecular flexibility index (Phi) is 2.23. The van der Waals surface area contributed by atoms with Gasteiger partial charge in [-0.05, 0) is 17.4 Å². The number of tetrazole rings is 1. The van der Waals surface area contributed by atoms with Crippen molar-refractivity contribution in [2.45, 2.75) is 13.0 Å². The molecular weight excluding hydrogens is 184 g/mol. The molecule has 2 rings (SSSR count). The fraction of sp³-hybridized carbons (Fsp3) is 0.429. The van der Waals surface area contributed by atoms with Crippen LogP contribution in [-0.4, -0.2) is 42.8 Å². The molecule has 0 amide bonds. The molecule has 2 N–H and O–H groups in total. The van der Waals surface area contributed by atoms with Crippen molar-refractivity contribution < 1.29 is 5.11 Å². The van der Waals surface area contributed by atoms with Gasteiger partial charge in [0.1, 0.15) is 0 Å². The summed E-state index contributed by atoms with van der Waals surface area (Å²) < 4.78 is 1.52. The molecule has 74 valence electrons. The topological polar surface area (TPSA) is 88.2 Å². The Labute approximate surface area is 79.8 Å². The van der Waals surface area contributed by atoms with E-state index in [1.165, 1.54) is 4.52 Å². The molecule has 0 aliphatic rings. The van der Waals surface area contributed by atoms with Crippen LogP contribution < -0.4 is 5.32 Å². The summed E-state index contributed by atoms with van der Waals surface area (Å²) in [5, 5.41) is 23.1. The molecule has 14 heavy (non-hydrogen) atoms. The normalized spacial score (nSPS) is 13.0. The minimum absolute atomic E-state index is 0.429. The summed E-state index contributed by atoms with van der Waals surface area (Å²) in [7, 11) is 0. The Bertz CT molecular complexity index is 425. The second kappa shape index (κ2) is 3.54. The van der Waals surface area contributed by atoms with Crippen LogP contribution in [0.2, 0.25) is 0 Å². The first-order valence-corrected chi connectivity index (χ1v) is 4.21. The third-order valence-electron chi connectivity index (χ3n) is 1.69. The third-order valence-corrected chi connectivity index (χ3v) is 1.69. The summed E-state index contributed by atoms with van der Waals surface area (Å²) in [6.07, 6.45) is 2.74. The van der Waals surface area contributed by atoms with Gasteiger partial charge in [0.15, 0.2) is 11.5 Å². The summed E-state index contributed by atoms with van der Waals surface area (Å²) >= 11 is 0. The van der Waals surface area contributed by atoms with Crippen LogP contribution in [0.5, 0.6) is 0 Å². The maximum Gasteiger partial charge on any atom is 0.199 e. The minimum atomic E-state index is -0.429. The number of hydrogen-bond donors (Lipinski definition) is 2. The van der Waals surface area contributed by atoms with Crippen LogP contribution in [0.15, 0.2) is 12.4 Å². The molecule has 0 bridgehead atoms.